The summed E-state index contributed by atoms with van der Waals surface area (Å²) in [6, 6.07) is 7.58. The molecule has 0 saturated heterocycles. The molecule has 3 N–H and O–H groups in total. The van der Waals surface area contributed by atoms with Gasteiger partial charge in [-0.3, -0.25) is 9.59 Å². The molecule has 0 aliphatic rings. The van der Waals surface area contributed by atoms with E-state index in [2.05, 4.69) is 11.9 Å². The second-order valence-corrected chi connectivity index (χ2v) is 5.33. The Hall–Kier alpha value is -2.12. The Kier molecular flexibility index (Phi) is 7.51. The Morgan fingerprint density at radius 1 is 1.35 bits per heavy atom. The molecule has 1 aromatic rings. The van der Waals surface area contributed by atoms with Gasteiger partial charge in [0.15, 0.2) is 0 Å². The maximum Gasteiger partial charge on any atom is 0.475 e. The SMILES string of the molecule is C=CC(=O)N(CC)CC(=O)NC(Cc1ccc(C)cc1)B(O)O. The van der Waals surface area contributed by atoms with Gasteiger partial charge in [0.05, 0.1) is 12.5 Å². The lowest BCUT2D eigenvalue weighted by molar-refractivity contribution is -0.132. The number of carbonyl (C=O) groups excluding carboxylic acids is 2. The fraction of sp³-hybridized carbons (Fsp3) is 0.375. The molecule has 124 valence electrons. The van der Waals surface area contributed by atoms with Crippen LogP contribution in [-0.4, -0.2) is 52.9 Å². The smallest absolute Gasteiger partial charge is 0.426 e. The minimum atomic E-state index is -1.69. The first-order valence-electron chi connectivity index (χ1n) is 7.49. The summed E-state index contributed by atoms with van der Waals surface area (Å²) in [5.41, 5.74) is 1.98. The molecule has 23 heavy (non-hydrogen) atoms. The molecule has 0 aromatic heterocycles. The summed E-state index contributed by atoms with van der Waals surface area (Å²) in [7, 11) is -1.69. The minimum Gasteiger partial charge on any atom is -0.426 e. The van der Waals surface area contributed by atoms with Crippen molar-refractivity contribution < 1.29 is 19.6 Å². The van der Waals surface area contributed by atoms with Gasteiger partial charge in [0, 0.05) is 6.54 Å². The molecular formula is C16H23BN2O4. The quantitative estimate of drug-likeness (QED) is 0.467. The van der Waals surface area contributed by atoms with Crippen LogP contribution in [0, 0.1) is 6.92 Å². The van der Waals surface area contributed by atoms with Gasteiger partial charge in [0.1, 0.15) is 0 Å². The fourth-order valence-corrected chi connectivity index (χ4v) is 2.11. The number of carbonyl (C=O) groups is 2. The normalized spacial score (nSPS) is 11.5. The van der Waals surface area contributed by atoms with Crippen LogP contribution in [0.5, 0.6) is 0 Å². The van der Waals surface area contributed by atoms with Crippen molar-refractivity contribution in [2.24, 2.45) is 0 Å². The number of hydrogen-bond acceptors (Lipinski definition) is 4. The summed E-state index contributed by atoms with van der Waals surface area (Å²) in [5.74, 6) is -1.64. The predicted octanol–water partition coefficient (Wildman–Crippen LogP) is 0.0688. The minimum absolute atomic E-state index is 0.154. The molecule has 1 aromatic carbocycles. The van der Waals surface area contributed by atoms with Crippen molar-refractivity contribution in [3.05, 3.63) is 48.0 Å². The van der Waals surface area contributed by atoms with Crippen molar-refractivity contribution in [1.82, 2.24) is 10.2 Å². The molecule has 1 rings (SSSR count). The number of rotatable bonds is 8. The molecule has 0 heterocycles. The van der Waals surface area contributed by atoms with Gasteiger partial charge in [-0.2, -0.15) is 0 Å². The van der Waals surface area contributed by atoms with E-state index in [4.69, 9.17) is 0 Å². The van der Waals surface area contributed by atoms with Gasteiger partial charge < -0.3 is 20.3 Å². The van der Waals surface area contributed by atoms with E-state index in [1.807, 2.05) is 31.2 Å². The van der Waals surface area contributed by atoms with Crippen LogP contribution in [0.15, 0.2) is 36.9 Å². The van der Waals surface area contributed by atoms with Crippen LogP contribution in [0.25, 0.3) is 0 Å². The summed E-state index contributed by atoms with van der Waals surface area (Å²) in [5, 5.41) is 21.5. The zero-order chi connectivity index (χ0) is 17.4. The zero-order valence-electron chi connectivity index (χ0n) is 13.5. The number of benzene rings is 1. The number of amides is 2. The highest BCUT2D eigenvalue weighted by molar-refractivity contribution is 6.43. The first-order valence-corrected chi connectivity index (χ1v) is 7.49. The third-order valence-corrected chi connectivity index (χ3v) is 3.48. The van der Waals surface area contributed by atoms with Crippen molar-refractivity contribution in [2.75, 3.05) is 13.1 Å². The highest BCUT2D eigenvalue weighted by atomic mass is 16.4. The largest absolute Gasteiger partial charge is 0.475 e. The molecule has 0 bridgehead atoms. The highest BCUT2D eigenvalue weighted by Crippen LogP contribution is 2.07. The Bertz CT molecular complexity index is 546. The molecule has 1 unspecified atom stereocenters. The van der Waals surface area contributed by atoms with Crippen LogP contribution >= 0.6 is 0 Å². The van der Waals surface area contributed by atoms with Crippen LogP contribution in [-0.2, 0) is 16.0 Å². The summed E-state index contributed by atoms with van der Waals surface area (Å²) in [6.45, 7) is 7.30. The lowest BCUT2D eigenvalue weighted by Crippen LogP contribution is -2.51. The first kappa shape index (κ1) is 18.9. The number of nitrogens with one attached hydrogen (secondary N) is 1. The van der Waals surface area contributed by atoms with Crippen LogP contribution in [0.4, 0.5) is 0 Å². The van der Waals surface area contributed by atoms with E-state index in [-0.39, 0.29) is 18.9 Å². The van der Waals surface area contributed by atoms with Crippen LogP contribution in [0.2, 0.25) is 0 Å². The molecular weight excluding hydrogens is 295 g/mol. The highest BCUT2D eigenvalue weighted by Gasteiger charge is 2.26. The van der Waals surface area contributed by atoms with Crippen LogP contribution in [0.1, 0.15) is 18.1 Å². The van der Waals surface area contributed by atoms with Gasteiger partial charge in [-0.25, -0.2) is 0 Å². The van der Waals surface area contributed by atoms with Crippen molar-refractivity contribution in [3.63, 3.8) is 0 Å². The van der Waals surface area contributed by atoms with Crippen molar-refractivity contribution in [3.8, 4) is 0 Å². The van der Waals surface area contributed by atoms with Crippen LogP contribution < -0.4 is 5.32 Å². The maximum atomic E-state index is 12.0. The zero-order valence-corrected chi connectivity index (χ0v) is 13.5. The maximum absolute atomic E-state index is 12.0. The second kappa shape index (κ2) is 9.12. The third kappa shape index (κ3) is 6.26. The van der Waals surface area contributed by atoms with Gasteiger partial charge in [-0.05, 0) is 31.9 Å². The van der Waals surface area contributed by atoms with E-state index < -0.39 is 19.0 Å². The fourth-order valence-electron chi connectivity index (χ4n) is 2.11. The van der Waals surface area contributed by atoms with Crippen molar-refractivity contribution >= 4 is 18.9 Å². The van der Waals surface area contributed by atoms with Crippen LogP contribution in [0.3, 0.4) is 0 Å². The summed E-state index contributed by atoms with van der Waals surface area (Å²) >= 11 is 0. The van der Waals surface area contributed by atoms with E-state index in [9.17, 15) is 19.6 Å². The summed E-state index contributed by atoms with van der Waals surface area (Å²) in [4.78, 5) is 24.9. The lowest BCUT2D eigenvalue weighted by atomic mass is 9.76. The number of aryl methyl sites for hydroxylation is 1. The molecule has 0 saturated carbocycles. The molecule has 0 aliphatic heterocycles. The standard InChI is InChI=1S/C16H23BN2O4/c1-4-16(21)19(5-2)11-15(20)18-14(17(22)23)10-13-8-6-12(3)7-9-13/h4,6-9,14,22-23H,1,5,10-11H2,2-3H3,(H,18,20). The molecule has 2 amide bonds. The number of nitrogens with zero attached hydrogens (tertiary/aromatic N) is 1. The van der Waals surface area contributed by atoms with Gasteiger partial charge in [0.2, 0.25) is 11.8 Å². The molecule has 0 aliphatic carbocycles. The topological polar surface area (TPSA) is 89.9 Å². The summed E-state index contributed by atoms with van der Waals surface area (Å²) < 4.78 is 0. The van der Waals surface area contributed by atoms with Gasteiger partial charge in [0.25, 0.3) is 0 Å². The molecule has 6 nitrogen and oxygen atoms in total. The second-order valence-electron chi connectivity index (χ2n) is 5.33. The first-order chi connectivity index (χ1) is 10.9. The van der Waals surface area contributed by atoms with Gasteiger partial charge in [-0.1, -0.05) is 36.4 Å². The average Bonchev–Trinajstić information content (AvgIpc) is 2.53. The molecule has 7 heteroatoms. The van der Waals surface area contributed by atoms with E-state index in [1.54, 1.807) is 6.92 Å². The number of likely N-dealkylation sites (N-methyl/N-ethyl adjacent to an activating group) is 1. The Morgan fingerprint density at radius 2 is 1.96 bits per heavy atom. The molecule has 0 spiro atoms. The molecule has 1 atom stereocenters. The summed E-state index contributed by atoms with van der Waals surface area (Å²) in [6.07, 6.45) is 1.42. The molecule has 0 fully saturated rings. The van der Waals surface area contributed by atoms with Gasteiger partial charge in [-0.15, -0.1) is 0 Å². The van der Waals surface area contributed by atoms with E-state index >= 15 is 0 Å². The monoisotopic (exact) mass is 318 g/mol. The lowest BCUT2D eigenvalue weighted by Gasteiger charge is -2.22. The van der Waals surface area contributed by atoms with E-state index in [1.165, 1.54) is 4.90 Å². The van der Waals surface area contributed by atoms with Gasteiger partial charge >= 0.3 is 7.12 Å². The van der Waals surface area contributed by atoms with Crippen molar-refractivity contribution in [1.29, 1.82) is 0 Å². The molecule has 0 radical (unpaired) electrons. The third-order valence-electron chi connectivity index (χ3n) is 3.48. The van der Waals surface area contributed by atoms with E-state index in [0.717, 1.165) is 17.2 Å². The Labute approximate surface area is 137 Å². The Morgan fingerprint density at radius 3 is 2.43 bits per heavy atom. The van der Waals surface area contributed by atoms with Crippen molar-refractivity contribution in [2.45, 2.75) is 26.2 Å². The van der Waals surface area contributed by atoms with E-state index in [0.29, 0.717) is 6.54 Å². The Balaban J connectivity index is 2.68. The predicted molar refractivity (Wildman–Crippen MR) is 89.5 cm³/mol. The number of hydrogen-bond donors (Lipinski definition) is 3. The average molecular weight is 318 g/mol.